The zero-order chi connectivity index (χ0) is 14.4. The van der Waals surface area contributed by atoms with Crippen LogP contribution >= 0.6 is 23.4 Å². The molecule has 2 rings (SSSR count). The monoisotopic (exact) mass is 313 g/mol. The van der Waals surface area contributed by atoms with Gasteiger partial charge in [0.1, 0.15) is 5.82 Å². The molecule has 1 aliphatic rings. The molecule has 20 heavy (non-hydrogen) atoms. The normalized spacial score (nSPS) is 16.5. The minimum Gasteiger partial charge on any atom is -0.356 e. The van der Waals surface area contributed by atoms with E-state index in [0.29, 0.717) is 5.92 Å². The number of hydrogen-bond donors (Lipinski definition) is 1. The quantitative estimate of drug-likeness (QED) is 0.901. The third kappa shape index (κ3) is 4.83. The van der Waals surface area contributed by atoms with Crippen LogP contribution < -0.4 is 10.2 Å². The first-order valence-corrected chi connectivity index (χ1v) is 8.88. The summed E-state index contributed by atoms with van der Waals surface area (Å²) in [5.41, 5.74) is 1.15. The van der Waals surface area contributed by atoms with Gasteiger partial charge in [-0.3, -0.25) is 0 Å². The molecule has 1 saturated heterocycles. The van der Waals surface area contributed by atoms with Crippen LogP contribution in [0, 0.1) is 5.92 Å². The minimum atomic E-state index is 0.651. The Labute approximate surface area is 131 Å². The van der Waals surface area contributed by atoms with Gasteiger partial charge >= 0.3 is 0 Å². The maximum absolute atomic E-state index is 6.26. The Morgan fingerprint density at radius 2 is 2.25 bits per heavy atom. The molecule has 1 N–H and O–H groups in total. The second-order valence-corrected chi connectivity index (χ2v) is 7.24. The SMILES string of the molecule is CC(C)CNCc1cc(N2CCCSCC2)ncc1Cl. The van der Waals surface area contributed by atoms with Crippen molar-refractivity contribution in [2.45, 2.75) is 26.8 Å². The summed E-state index contributed by atoms with van der Waals surface area (Å²) in [6.07, 6.45) is 3.03. The summed E-state index contributed by atoms with van der Waals surface area (Å²) >= 11 is 8.29. The molecule has 1 aromatic rings. The molecule has 0 atom stereocenters. The lowest BCUT2D eigenvalue weighted by Crippen LogP contribution is -2.27. The number of nitrogens with zero attached hydrogens (tertiary/aromatic N) is 2. The Hall–Kier alpha value is -0.450. The highest BCUT2D eigenvalue weighted by Gasteiger charge is 2.13. The number of halogens is 1. The zero-order valence-corrected chi connectivity index (χ0v) is 13.9. The lowest BCUT2D eigenvalue weighted by Gasteiger charge is -2.22. The lowest BCUT2D eigenvalue weighted by atomic mass is 10.2. The van der Waals surface area contributed by atoms with Crippen molar-refractivity contribution in [2.75, 3.05) is 36.0 Å². The smallest absolute Gasteiger partial charge is 0.128 e. The van der Waals surface area contributed by atoms with Crippen molar-refractivity contribution in [1.29, 1.82) is 0 Å². The fourth-order valence-corrected chi connectivity index (χ4v) is 3.30. The van der Waals surface area contributed by atoms with E-state index in [-0.39, 0.29) is 0 Å². The molecule has 1 fully saturated rings. The van der Waals surface area contributed by atoms with Gasteiger partial charge in [-0.15, -0.1) is 0 Å². The maximum Gasteiger partial charge on any atom is 0.128 e. The Kier molecular flexibility index (Phi) is 6.46. The summed E-state index contributed by atoms with van der Waals surface area (Å²) in [5.74, 6) is 4.16. The molecule has 0 radical (unpaired) electrons. The average Bonchev–Trinajstić information content (AvgIpc) is 2.69. The summed E-state index contributed by atoms with van der Waals surface area (Å²) in [6, 6.07) is 2.14. The zero-order valence-electron chi connectivity index (χ0n) is 12.4. The average molecular weight is 314 g/mol. The molecular weight excluding hydrogens is 290 g/mol. The van der Waals surface area contributed by atoms with E-state index in [2.05, 4.69) is 35.1 Å². The first-order chi connectivity index (χ1) is 9.66. The van der Waals surface area contributed by atoms with Crippen molar-refractivity contribution in [1.82, 2.24) is 10.3 Å². The van der Waals surface area contributed by atoms with E-state index in [1.807, 2.05) is 11.8 Å². The van der Waals surface area contributed by atoms with Crippen LogP contribution in [-0.2, 0) is 6.54 Å². The van der Waals surface area contributed by atoms with E-state index in [0.717, 1.165) is 42.6 Å². The van der Waals surface area contributed by atoms with Gasteiger partial charge in [-0.1, -0.05) is 25.4 Å². The number of thioether (sulfide) groups is 1. The highest BCUT2D eigenvalue weighted by molar-refractivity contribution is 7.99. The second-order valence-electron chi connectivity index (χ2n) is 5.61. The molecule has 3 nitrogen and oxygen atoms in total. The molecule has 2 heterocycles. The Morgan fingerprint density at radius 3 is 3.05 bits per heavy atom. The molecule has 112 valence electrons. The summed E-state index contributed by atoms with van der Waals surface area (Å²) in [7, 11) is 0. The van der Waals surface area contributed by atoms with E-state index in [9.17, 15) is 0 Å². The number of aromatic nitrogens is 1. The van der Waals surface area contributed by atoms with E-state index in [4.69, 9.17) is 11.6 Å². The van der Waals surface area contributed by atoms with Crippen molar-refractivity contribution in [3.8, 4) is 0 Å². The van der Waals surface area contributed by atoms with Gasteiger partial charge in [0.2, 0.25) is 0 Å². The molecule has 0 saturated carbocycles. The van der Waals surface area contributed by atoms with E-state index in [1.54, 1.807) is 6.20 Å². The number of nitrogens with one attached hydrogen (secondary N) is 1. The van der Waals surface area contributed by atoms with Crippen LogP contribution in [0.25, 0.3) is 0 Å². The van der Waals surface area contributed by atoms with Crippen molar-refractivity contribution >= 4 is 29.2 Å². The van der Waals surface area contributed by atoms with Gasteiger partial charge in [0, 0.05) is 31.6 Å². The third-order valence-corrected chi connectivity index (χ3v) is 4.72. The Bertz CT molecular complexity index is 418. The van der Waals surface area contributed by atoms with Crippen LogP contribution in [0.3, 0.4) is 0 Å². The van der Waals surface area contributed by atoms with Crippen LogP contribution in [0.2, 0.25) is 5.02 Å². The van der Waals surface area contributed by atoms with Crippen LogP contribution in [0.15, 0.2) is 12.3 Å². The largest absolute Gasteiger partial charge is 0.356 e. The van der Waals surface area contributed by atoms with Gasteiger partial charge in [-0.05, 0) is 36.3 Å². The molecule has 0 aliphatic carbocycles. The number of hydrogen-bond acceptors (Lipinski definition) is 4. The molecule has 0 amide bonds. The number of anilines is 1. The first-order valence-electron chi connectivity index (χ1n) is 7.34. The van der Waals surface area contributed by atoms with Gasteiger partial charge in [-0.2, -0.15) is 11.8 Å². The fraction of sp³-hybridized carbons (Fsp3) is 0.667. The van der Waals surface area contributed by atoms with Gasteiger partial charge in [-0.25, -0.2) is 4.98 Å². The number of rotatable bonds is 5. The summed E-state index contributed by atoms with van der Waals surface area (Å²) in [6.45, 7) is 8.42. The fourth-order valence-electron chi connectivity index (χ4n) is 2.25. The lowest BCUT2D eigenvalue weighted by molar-refractivity contribution is 0.552. The minimum absolute atomic E-state index is 0.651. The van der Waals surface area contributed by atoms with Crippen LogP contribution in [0.4, 0.5) is 5.82 Å². The topological polar surface area (TPSA) is 28.2 Å². The molecule has 5 heteroatoms. The summed E-state index contributed by atoms with van der Waals surface area (Å²) < 4.78 is 0. The summed E-state index contributed by atoms with van der Waals surface area (Å²) in [4.78, 5) is 6.88. The van der Waals surface area contributed by atoms with E-state index in [1.165, 1.54) is 17.9 Å². The molecule has 0 bridgehead atoms. The van der Waals surface area contributed by atoms with Crippen molar-refractivity contribution in [3.05, 3.63) is 22.8 Å². The van der Waals surface area contributed by atoms with Crippen LogP contribution in [0.1, 0.15) is 25.8 Å². The first kappa shape index (κ1) is 15.9. The third-order valence-electron chi connectivity index (χ3n) is 3.33. The van der Waals surface area contributed by atoms with Crippen LogP contribution in [0.5, 0.6) is 0 Å². The second kappa shape index (κ2) is 8.11. The Morgan fingerprint density at radius 1 is 1.40 bits per heavy atom. The van der Waals surface area contributed by atoms with E-state index >= 15 is 0 Å². The standard InChI is InChI=1S/C15H24ClN3S/c1-12(2)9-17-10-13-8-15(18-11-14(13)16)19-4-3-6-20-7-5-19/h8,11-12,17H,3-7,9-10H2,1-2H3. The Balaban J connectivity index is 2.02. The highest BCUT2D eigenvalue weighted by Crippen LogP contribution is 2.22. The molecule has 0 aromatic carbocycles. The summed E-state index contributed by atoms with van der Waals surface area (Å²) in [5, 5.41) is 4.21. The molecule has 0 unspecified atom stereocenters. The van der Waals surface area contributed by atoms with Gasteiger partial charge in [0.25, 0.3) is 0 Å². The van der Waals surface area contributed by atoms with E-state index < -0.39 is 0 Å². The van der Waals surface area contributed by atoms with Gasteiger partial charge in [0.05, 0.1) is 5.02 Å². The predicted octanol–water partition coefficient (Wildman–Crippen LogP) is 3.42. The van der Waals surface area contributed by atoms with Crippen molar-refractivity contribution < 1.29 is 0 Å². The number of pyridine rings is 1. The van der Waals surface area contributed by atoms with Crippen molar-refractivity contribution in [3.63, 3.8) is 0 Å². The van der Waals surface area contributed by atoms with Crippen molar-refractivity contribution in [2.24, 2.45) is 5.92 Å². The van der Waals surface area contributed by atoms with Gasteiger partial charge in [0.15, 0.2) is 0 Å². The molecule has 1 aromatic heterocycles. The highest BCUT2D eigenvalue weighted by atomic mass is 35.5. The molecule has 0 spiro atoms. The maximum atomic E-state index is 6.26. The van der Waals surface area contributed by atoms with Crippen LogP contribution in [-0.4, -0.2) is 36.1 Å². The molecular formula is C15H24ClN3S. The predicted molar refractivity (Wildman–Crippen MR) is 89.9 cm³/mol. The van der Waals surface area contributed by atoms with Gasteiger partial charge < -0.3 is 10.2 Å². The molecule has 1 aliphatic heterocycles.